The Kier molecular flexibility index (Phi) is 5.54. The number of aromatic nitrogens is 1. The molecule has 5 nitrogen and oxygen atoms in total. The average molecular weight is 350 g/mol. The fourth-order valence-corrected chi connectivity index (χ4v) is 4.99. The second-order valence-corrected chi connectivity index (χ2v) is 7.90. The Morgan fingerprint density at radius 1 is 1.29 bits per heavy atom. The van der Waals surface area contributed by atoms with E-state index < -0.39 is 0 Å². The lowest BCUT2D eigenvalue weighted by Gasteiger charge is -2.27. The van der Waals surface area contributed by atoms with E-state index in [-0.39, 0.29) is 17.9 Å². The fourth-order valence-electron chi connectivity index (χ4n) is 3.80. The minimum absolute atomic E-state index is 0.0176. The van der Waals surface area contributed by atoms with Crippen LogP contribution in [0, 0.1) is 6.92 Å². The first kappa shape index (κ1) is 17.4. The van der Waals surface area contributed by atoms with Gasteiger partial charge >= 0.3 is 0 Å². The van der Waals surface area contributed by atoms with Crippen LogP contribution in [0.4, 0.5) is 0 Å². The van der Waals surface area contributed by atoms with E-state index in [1.165, 1.54) is 32.1 Å². The highest BCUT2D eigenvalue weighted by molar-refractivity contribution is 7.13. The van der Waals surface area contributed by atoms with Gasteiger partial charge in [0.1, 0.15) is 10.9 Å². The number of hydrogen-bond donors (Lipinski definition) is 1. The van der Waals surface area contributed by atoms with Gasteiger partial charge in [-0.25, -0.2) is 4.98 Å². The molecule has 1 N–H and O–H groups in total. The van der Waals surface area contributed by atoms with Gasteiger partial charge in [0.2, 0.25) is 5.91 Å². The van der Waals surface area contributed by atoms with Crippen molar-refractivity contribution in [3.05, 3.63) is 15.6 Å². The number of nitrogens with zero attached hydrogens (tertiary/aromatic N) is 2. The zero-order valence-corrected chi connectivity index (χ0v) is 15.5. The molecule has 6 heteroatoms. The molecule has 1 atom stereocenters. The van der Waals surface area contributed by atoms with Gasteiger partial charge in [0.25, 0.3) is 5.91 Å². The van der Waals surface area contributed by atoms with E-state index >= 15 is 0 Å². The SMILES string of the molecule is CC[C@@H]1C(=O)NCCCN1C(=O)c1sc(C2CCCCC2)nc1C. The summed E-state index contributed by atoms with van der Waals surface area (Å²) in [4.78, 5) is 32.5. The van der Waals surface area contributed by atoms with E-state index in [1.807, 2.05) is 13.8 Å². The molecular weight excluding hydrogens is 322 g/mol. The third kappa shape index (κ3) is 3.48. The molecule has 0 unspecified atom stereocenters. The summed E-state index contributed by atoms with van der Waals surface area (Å²) >= 11 is 1.55. The molecule has 2 heterocycles. The lowest BCUT2D eigenvalue weighted by atomic mass is 9.90. The van der Waals surface area contributed by atoms with E-state index in [0.29, 0.717) is 25.4 Å². The van der Waals surface area contributed by atoms with Crippen LogP contribution in [-0.2, 0) is 4.79 Å². The maximum absolute atomic E-state index is 13.1. The molecule has 1 saturated carbocycles. The van der Waals surface area contributed by atoms with Gasteiger partial charge in [0, 0.05) is 19.0 Å². The first-order valence-corrected chi connectivity index (χ1v) is 9.99. The van der Waals surface area contributed by atoms with Gasteiger partial charge in [-0.1, -0.05) is 26.2 Å². The number of carbonyl (C=O) groups is 2. The maximum Gasteiger partial charge on any atom is 0.266 e. The van der Waals surface area contributed by atoms with Crippen molar-refractivity contribution in [3.8, 4) is 0 Å². The van der Waals surface area contributed by atoms with Gasteiger partial charge < -0.3 is 10.2 Å². The van der Waals surface area contributed by atoms with Crippen LogP contribution in [0.5, 0.6) is 0 Å². The Balaban J connectivity index is 1.83. The highest BCUT2D eigenvalue weighted by Gasteiger charge is 2.33. The molecule has 0 aromatic carbocycles. The normalized spacial score (nSPS) is 23.0. The van der Waals surface area contributed by atoms with Gasteiger partial charge in [0.15, 0.2) is 0 Å². The number of aryl methyl sites for hydroxylation is 1. The third-order valence-electron chi connectivity index (χ3n) is 5.16. The molecule has 2 aliphatic rings. The smallest absolute Gasteiger partial charge is 0.266 e. The minimum Gasteiger partial charge on any atom is -0.354 e. The van der Waals surface area contributed by atoms with E-state index in [2.05, 4.69) is 5.32 Å². The number of carbonyl (C=O) groups excluding carboxylic acids is 2. The monoisotopic (exact) mass is 349 g/mol. The summed E-state index contributed by atoms with van der Waals surface area (Å²) < 4.78 is 0. The molecule has 1 aliphatic carbocycles. The van der Waals surface area contributed by atoms with Crippen LogP contribution in [0.25, 0.3) is 0 Å². The van der Waals surface area contributed by atoms with Crippen molar-refractivity contribution >= 4 is 23.2 Å². The summed E-state index contributed by atoms with van der Waals surface area (Å²) in [7, 11) is 0. The Bertz CT molecular complexity index is 607. The lowest BCUT2D eigenvalue weighted by Crippen LogP contribution is -2.46. The Labute approximate surface area is 147 Å². The number of hydrogen-bond acceptors (Lipinski definition) is 4. The third-order valence-corrected chi connectivity index (χ3v) is 6.47. The van der Waals surface area contributed by atoms with Gasteiger partial charge in [-0.2, -0.15) is 0 Å². The summed E-state index contributed by atoms with van der Waals surface area (Å²) in [6.45, 7) is 5.16. The van der Waals surface area contributed by atoms with Crippen LogP contribution < -0.4 is 5.32 Å². The summed E-state index contributed by atoms with van der Waals surface area (Å²) in [5.74, 6) is 0.465. The molecule has 2 amide bonds. The Hall–Kier alpha value is -1.43. The number of thiazole rings is 1. The van der Waals surface area contributed by atoms with Gasteiger partial charge in [-0.15, -0.1) is 11.3 Å². The predicted octanol–water partition coefficient (Wildman–Crippen LogP) is 3.24. The van der Waals surface area contributed by atoms with E-state index in [4.69, 9.17) is 4.98 Å². The van der Waals surface area contributed by atoms with Crippen LogP contribution in [0.2, 0.25) is 0 Å². The van der Waals surface area contributed by atoms with Crippen molar-refractivity contribution in [3.63, 3.8) is 0 Å². The van der Waals surface area contributed by atoms with Crippen molar-refractivity contribution in [1.82, 2.24) is 15.2 Å². The van der Waals surface area contributed by atoms with Gasteiger partial charge in [0.05, 0.1) is 10.7 Å². The molecule has 0 bridgehead atoms. The summed E-state index contributed by atoms with van der Waals surface area (Å²) in [5.41, 5.74) is 0.824. The molecule has 1 aliphatic heterocycles. The summed E-state index contributed by atoms with van der Waals surface area (Å²) in [6, 6.07) is -0.361. The fraction of sp³-hybridized carbons (Fsp3) is 0.722. The molecule has 3 rings (SSSR count). The van der Waals surface area contributed by atoms with Crippen LogP contribution in [0.1, 0.15) is 78.2 Å². The van der Waals surface area contributed by atoms with Crippen molar-refractivity contribution < 1.29 is 9.59 Å². The van der Waals surface area contributed by atoms with Crippen molar-refractivity contribution in [2.24, 2.45) is 0 Å². The largest absolute Gasteiger partial charge is 0.354 e. The Morgan fingerprint density at radius 2 is 2.04 bits per heavy atom. The van der Waals surface area contributed by atoms with Crippen LogP contribution in [0.3, 0.4) is 0 Å². The number of nitrogens with one attached hydrogen (secondary N) is 1. The number of amides is 2. The Morgan fingerprint density at radius 3 is 2.75 bits per heavy atom. The van der Waals surface area contributed by atoms with E-state index in [1.54, 1.807) is 16.2 Å². The van der Waals surface area contributed by atoms with Gasteiger partial charge in [-0.05, 0) is 32.6 Å². The molecule has 132 valence electrons. The maximum atomic E-state index is 13.1. The quantitative estimate of drug-likeness (QED) is 0.911. The summed E-state index contributed by atoms with van der Waals surface area (Å²) in [6.07, 6.45) is 7.65. The zero-order valence-electron chi connectivity index (χ0n) is 14.6. The van der Waals surface area contributed by atoms with Crippen molar-refractivity contribution in [2.45, 2.75) is 70.8 Å². The van der Waals surface area contributed by atoms with E-state index in [0.717, 1.165) is 22.0 Å². The van der Waals surface area contributed by atoms with Crippen molar-refractivity contribution in [1.29, 1.82) is 0 Å². The molecular formula is C18H27N3O2S. The summed E-state index contributed by atoms with van der Waals surface area (Å²) in [5, 5.41) is 4.02. The minimum atomic E-state index is -0.361. The molecule has 2 fully saturated rings. The zero-order chi connectivity index (χ0) is 17.1. The first-order chi connectivity index (χ1) is 11.6. The lowest BCUT2D eigenvalue weighted by molar-refractivity contribution is -0.124. The molecule has 1 saturated heterocycles. The van der Waals surface area contributed by atoms with Crippen molar-refractivity contribution in [2.75, 3.05) is 13.1 Å². The number of rotatable bonds is 3. The first-order valence-electron chi connectivity index (χ1n) is 9.17. The second kappa shape index (κ2) is 7.64. The molecule has 0 radical (unpaired) electrons. The molecule has 1 aromatic rings. The second-order valence-electron chi connectivity index (χ2n) is 6.87. The van der Waals surface area contributed by atoms with E-state index in [9.17, 15) is 9.59 Å². The van der Waals surface area contributed by atoms with Crippen LogP contribution >= 0.6 is 11.3 Å². The highest BCUT2D eigenvalue weighted by Crippen LogP contribution is 2.36. The van der Waals surface area contributed by atoms with Crippen LogP contribution in [-0.4, -0.2) is 40.8 Å². The van der Waals surface area contributed by atoms with Gasteiger partial charge in [-0.3, -0.25) is 9.59 Å². The predicted molar refractivity (Wildman–Crippen MR) is 95.4 cm³/mol. The standard InChI is InChI=1S/C18H27N3O2S/c1-3-14-16(22)19-10-7-11-21(14)18(23)15-12(2)20-17(24-15)13-8-5-4-6-9-13/h13-14H,3-11H2,1-2H3,(H,19,22)/t14-/m1/s1. The highest BCUT2D eigenvalue weighted by atomic mass is 32.1. The topological polar surface area (TPSA) is 62.3 Å². The van der Waals surface area contributed by atoms with Crippen LogP contribution in [0.15, 0.2) is 0 Å². The molecule has 0 spiro atoms. The molecule has 1 aromatic heterocycles. The average Bonchev–Trinajstić information content (AvgIpc) is 2.88. The molecule has 24 heavy (non-hydrogen) atoms.